The van der Waals surface area contributed by atoms with Crippen molar-refractivity contribution in [3.63, 3.8) is 0 Å². The number of hydrogen-bond acceptors (Lipinski definition) is 9. The Morgan fingerprint density at radius 2 is 2.07 bits per heavy atom. The maximum atomic E-state index is 12.4. The molecule has 11 heteroatoms. The number of nitrogens with one attached hydrogen (secondary N) is 1. The monoisotopic (exact) mass is 436 g/mol. The number of methoxy groups -OCH3 is 1. The molecule has 2 fully saturated rings. The van der Waals surface area contributed by atoms with Gasteiger partial charge >= 0.3 is 5.97 Å². The van der Waals surface area contributed by atoms with Gasteiger partial charge in [0.05, 0.1) is 25.0 Å². The highest BCUT2D eigenvalue weighted by molar-refractivity contribution is 7.99. The maximum Gasteiger partial charge on any atom is 0.311 e. The second-order valence-corrected chi connectivity index (χ2v) is 8.97. The molecule has 0 atom stereocenters. The van der Waals surface area contributed by atoms with E-state index in [4.69, 9.17) is 0 Å². The minimum absolute atomic E-state index is 0.0986. The molecule has 3 heterocycles. The molecule has 29 heavy (non-hydrogen) atoms. The van der Waals surface area contributed by atoms with Gasteiger partial charge in [0.1, 0.15) is 0 Å². The summed E-state index contributed by atoms with van der Waals surface area (Å²) >= 11 is 2.70. The van der Waals surface area contributed by atoms with Crippen LogP contribution in [-0.4, -0.2) is 57.6 Å². The Kier molecular flexibility index (Phi) is 6.34. The molecule has 0 radical (unpaired) electrons. The topological polar surface area (TPSA) is 102 Å². The first-order chi connectivity index (χ1) is 14.1. The second kappa shape index (κ2) is 9.12. The van der Waals surface area contributed by atoms with Crippen molar-refractivity contribution < 1.29 is 14.3 Å². The zero-order valence-electron chi connectivity index (χ0n) is 16.3. The SMILES string of the molecule is COC(=O)Cc1csc(NC(=O)CSc2nnc(N3CCCCC3)n2C2CC2)n1. The zero-order valence-corrected chi connectivity index (χ0v) is 17.9. The molecule has 1 saturated carbocycles. The van der Waals surface area contributed by atoms with Crippen molar-refractivity contribution in [3.8, 4) is 0 Å². The molecule has 1 saturated heterocycles. The smallest absolute Gasteiger partial charge is 0.311 e. The molecular formula is C18H24N6O3S2. The first-order valence-corrected chi connectivity index (χ1v) is 11.6. The molecule has 0 bridgehead atoms. The van der Waals surface area contributed by atoms with Gasteiger partial charge in [-0.2, -0.15) is 0 Å². The molecule has 0 spiro atoms. The standard InChI is InChI=1S/C18H24N6O3S2/c1-27-15(26)9-12-10-28-16(19-12)20-14(25)11-29-18-22-21-17(24(18)13-5-6-13)23-7-3-2-4-8-23/h10,13H,2-9,11H2,1H3,(H,19,20,25). The van der Waals surface area contributed by atoms with Gasteiger partial charge in [-0.3, -0.25) is 14.2 Å². The summed E-state index contributed by atoms with van der Waals surface area (Å²) in [4.78, 5) is 30.2. The van der Waals surface area contributed by atoms with Gasteiger partial charge in [-0.15, -0.1) is 21.5 Å². The number of piperidine rings is 1. The summed E-state index contributed by atoms with van der Waals surface area (Å²) in [7, 11) is 1.34. The predicted molar refractivity (Wildman–Crippen MR) is 112 cm³/mol. The van der Waals surface area contributed by atoms with Gasteiger partial charge in [0, 0.05) is 24.5 Å². The third kappa shape index (κ3) is 5.08. The summed E-state index contributed by atoms with van der Waals surface area (Å²) in [5.41, 5.74) is 0.587. The number of amides is 1. The summed E-state index contributed by atoms with van der Waals surface area (Å²) in [6, 6.07) is 0.451. The van der Waals surface area contributed by atoms with Crippen LogP contribution in [0.3, 0.4) is 0 Å². The average Bonchev–Trinajstić information content (AvgIpc) is 3.34. The van der Waals surface area contributed by atoms with Gasteiger partial charge in [-0.1, -0.05) is 11.8 Å². The van der Waals surface area contributed by atoms with Crippen LogP contribution in [0.1, 0.15) is 43.8 Å². The van der Waals surface area contributed by atoms with Crippen LogP contribution in [-0.2, 0) is 20.7 Å². The van der Waals surface area contributed by atoms with E-state index in [9.17, 15) is 9.59 Å². The van der Waals surface area contributed by atoms with Crippen LogP contribution in [0.5, 0.6) is 0 Å². The summed E-state index contributed by atoms with van der Waals surface area (Å²) in [6.07, 6.45) is 6.03. The van der Waals surface area contributed by atoms with Gasteiger partial charge < -0.3 is 15.0 Å². The Morgan fingerprint density at radius 3 is 2.79 bits per heavy atom. The van der Waals surface area contributed by atoms with Crippen molar-refractivity contribution in [2.24, 2.45) is 0 Å². The molecule has 2 aliphatic rings. The number of anilines is 2. The molecule has 1 amide bonds. The lowest BCUT2D eigenvalue weighted by Crippen LogP contribution is -2.32. The van der Waals surface area contributed by atoms with Gasteiger partial charge in [-0.25, -0.2) is 4.98 Å². The fourth-order valence-electron chi connectivity index (χ4n) is 3.28. The third-order valence-electron chi connectivity index (χ3n) is 4.88. The largest absolute Gasteiger partial charge is 0.469 e. The van der Waals surface area contributed by atoms with Gasteiger partial charge in [-0.05, 0) is 32.1 Å². The average molecular weight is 437 g/mol. The van der Waals surface area contributed by atoms with E-state index < -0.39 is 0 Å². The number of ether oxygens (including phenoxy) is 1. The molecule has 156 valence electrons. The molecule has 1 aliphatic heterocycles. The molecular weight excluding hydrogens is 412 g/mol. The second-order valence-electron chi connectivity index (χ2n) is 7.17. The first-order valence-electron chi connectivity index (χ1n) is 9.77. The number of esters is 1. The van der Waals surface area contributed by atoms with E-state index in [-0.39, 0.29) is 24.1 Å². The van der Waals surface area contributed by atoms with Crippen LogP contribution in [0, 0.1) is 0 Å². The maximum absolute atomic E-state index is 12.4. The highest BCUT2D eigenvalue weighted by Gasteiger charge is 2.32. The van der Waals surface area contributed by atoms with E-state index in [1.807, 2.05) is 0 Å². The normalized spacial score (nSPS) is 16.7. The third-order valence-corrected chi connectivity index (χ3v) is 6.63. The molecule has 0 aromatic carbocycles. The molecule has 1 N–H and O–H groups in total. The number of nitrogens with zero attached hydrogens (tertiary/aromatic N) is 5. The van der Waals surface area contributed by atoms with Crippen LogP contribution in [0.15, 0.2) is 10.5 Å². The van der Waals surface area contributed by atoms with Crippen LogP contribution in [0.2, 0.25) is 0 Å². The lowest BCUT2D eigenvalue weighted by atomic mass is 10.1. The Morgan fingerprint density at radius 1 is 1.28 bits per heavy atom. The van der Waals surface area contributed by atoms with Crippen LogP contribution < -0.4 is 10.2 Å². The van der Waals surface area contributed by atoms with E-state index >= 15 is 0 Å². The van der Waals surface area contributed by atoms with Crippen molar-refractivity contribution in [2.45, 2.75) is 49.7 Å². The highest BCUT2D eigenvalue weighted by atomic mass is 32.2. The minimum atomic E-state index is -0.354. The van der Waals surface area contributed by atoms with E-state index in [1.165, 1.54) is 49.5 Å². The van der Waals surface area contributed by atoms with Crippen molar-refractivity contribution in [2.75, 3.05) is 36.2 Å². The number of thioether (sulfide) groups is 1. The van der Waals surface area contributed by atoms with Crippen LogP contribution >= 0.6 is 23.1 Å². The van der Waals surface area contributed by atoms with E-state index in [1.54, 1.807) is 5.38 Å². The van der Waals surface area contributed by atoms with Crippen molar-refractivity contribution in [3.05, 3.63) is 11.1 Å². The molecule has 4 rings (SSSR count). The molecule has 9 nitrogen and oxygen atoms in total. The number of carbonyl (C=O) groups is 2. The van der Waals surface area contributed by atoms with Crippen molar-refractivity contribution in [1.82, 2.24) is 19.7 Å². The van der Waals surface area contributed by atoms with Crippen LogP contribution in [0.25, 0.3) is 0 Å². The van der Waals surface area contributed by atoms with Crippen molar-refractivity contribution in [1.29, 1.82) is 0 Å². The zero-order chi connectivity index (χ0) is 20.2. The quantitative estimate of drug-likeness (QED) is 0.497. The highest BCUT2D eigenvalue weighted by Crippen LogP contribution is 2.41. The van der Waals surface area contributed by atoms with E-state index in [0.29, 0.717) is 16.9 Å². The Labute approximate surface area is 177 Å². The summed E-state index contributed by atoms with van der Waals surface area (Å²) in [5.74, 6) is 0.672. The van der Waals surface area contributed by atoms with E-state index in [0.717, 1.165) is 37.0 Å². The van der Waals surface area contributed by atoms with Gasteiger partial charge in [0.2, 0.25) is 11.9 Å². The number of carbonyl (C=O) groups excluding carboxylic acids is 2. The Bertz CT molecular complexity index is 873. The minimum Gasteiger partial charge on any atom is -0.469 e. The molecule has 2 aromatic heterocycles. The summed E-state index contributed by atoms with van der Waals surface area (Å²) < 4.78 is 6.84. The lowest BCUT2D eigenvalue weighted by molar-refractivity contribution is -0.139. The van der Waals surface area contributed by atoms with Crippen LogP contribution in [0.4, 0.5) is 11.1 Å². The number of hydrogen-bond donors (Lipinski definition) is 1. The van der Waals surface area contributed by atoms with Gasteiger partial charge in [0.15, 0.2) is 10.3 Å². The molecule has 2 aromatic rings. The number of rotatable bonds is 8. The Hall–Kier alpha value is -2.14. The lowest BCUT2D eigenvalue weighted by Gasteiger charge is -2.27. The number of aromatic nitrogens is 4. The predicted octanol–water partition coefficient (Wildman–Crippen LogP) is 2.51. The van der Waals surface area contributed by atoms with Gasteiger partial charge in [0.25, 0.3) is 0 Å². The first kappa shape index (κ1) is 20.1. The summed E-state index contributed by atoms with van der Waals surface area (Å²) in [5, 5.41) is 14.6. The molecule has 0 unspecified atom stereocenters. The molecule has 1 aliphatic carbocycles. The number of thiazole rings is 1. The Balaban J connectivity index is 1.34. The van der Waals surface area contributed by atoms with E-state index in [2.05, 4.69) is 34.7 Å². The fourth-order valence-corrected chi connectivity index (χ4v) is 4.81. The summed E-state index contributed by atoms with van der Waals surface area (Å²) in [6.45, 7) is 2.04. The van der Waals surface area contributed by atoms with Crippen molar-refractivity contribution >= 4 is 46.1 Å². The fraction of sp³-hybridized carbons (Fsp3) is 0.611.